The van der Waals surface area contributed by atoms with Gasteiger partial charge in [-0.15, -0.1) is 0 Å². The lowest BCUT2D eigenvalue weighted by molar-refractivity contribution is 0.922. The summed E-state index contributed by atoms with van der Waals surface area (Å²) in [4.78, 5) is 7.74. The number of aliphatic imine (C=N–C) groups is 1. The molecule has 0 aromatic carbocycles. The van der Waals surface area contributed by atoms with Gasteiger partial charge in [0.1, 0.15) is 0 Å². The Morgan fingerprint density at radius 1 is 1.75 bits per heavy atom. The summed E-state index contributed by atoms with van der Waals surface area (Å²) in [6.07, 6.45) is 5.03. The Hall–Kier alpha value is -1.09. The van der Waals surface area contributed by atoms with E-state index >= 15 is 0 Å². The number of nitrogens with zero attached hydrogens (tertiary/aromatic N) is 2. The van der Waals surface area contributed by atoms with Gasteiger partial charge in [-0.25, -0.2) is 0 Å². The van der Waals surface area contributed by atoms with Crippen molar-refractivity contribution in [3.8, 4) is 0 Å². The fourth-order valence-electron chi connectivity index (χ4n) is 0.787. The van der Waals surface area contributed by atoms with Gasteiger partial charge >= 0.3 is 0 Å². The molecule has 0 saturated heterocycles. The molecule has 0 bridgehead atoms. The van der Waals surface area contributed by atoms with Crippen molar-refractivity contribution in [3.63, 3.8) is 0 Å². The van der Waals surface area contributed by atoms with Crippen LogP contribution in [0.25, 0.3) is 0 Å². The lowest BCUT2D eigenvalue weighted by atomic mass is 10.3. The van der Waals surface area contributed by atoms with E-state index in [4.69, 9.17) is 11.6 Å². The van der Waals surface area contributed by atoms with Crippen molar-refractivity contribution in [1.82, 2.24) is 10.3 Å². The second kappa shape index (κ2) is 4.72. The minimum atomic E-state index is 0.657. The van der Waals surface area contributed by atoms with Gasteiger partial charge in [-0.05, 0) is 6.07 Å². The van der Waals surface area contributed by atoms with Crippen LogP contribution >= 0.6 is 11.6 Å². The third kappa shape index (κ3) is 2.51. The van der Waals surface area contributed by atoms with Crippen LogP contribution in [0.4, 0.5) is 0 Å². The minimum absolute atomic E-state index is 0.657. The first-order valence-electron chi connectivity index (χ1n) is 3.57. The van der Waals surface area contributed by atoms with Crippen molar-refractivity contribution in [2.24, 2.45) is 4.99 Å². The second-order valence-corrected chi connectivity index (χ2v) is 2.64. The molecule has 1 rings (SSSR count). The number of nitrogens with one attached hydrogen (secondary N) is 1. The summed E-state index contributed by atoms with van der Waals surface area (Å²) in [6, 6.07) is 1.77. The van der Waals surface area contributed by atoms with Gasteiger partial charge in [0.15, 0.2) is 0 Å². The maximum Gasteiger partial charge on any atom is 0.0823 e. The van der Waals surface area contributed by atoms with Gasteiger partial charge in [-0.1, -0.05) is 11.6 Å². The monoisotopic (exact) mass is 183 g/mol. The molecule has 1 N–H and O–H groups in total. The third-order valence-electron chi connectivity index (χ3n) is 1.36. The molecule has 0 aliphatic carbocycles. The van der Waals surface area contributed by atoms with E-state index in [1.165, 1.54) is 0 Å². The highest BCUT2D eigenvalue weighted by molar-refractivity contribution is 6.31. The van der Waals surface area contributed by atoms with E-state index in [0.717, 1.165) is 10.6 Å². The zero-order chi connectivity index (χ0) is 8.81. The minimum Gasteiger partial charge on any atom is -0.372 e. The van der Waals surface area contributed by atoms with E-state index in [1.807, 2.05) is 0 Å². The number of aromatic nitrogens is 1. The molecule has 12 heavy (non-hydrogen) atoms. The summed E-state index contributed by atoms with van der Waals surface area (Å²) in [7, 11) is 1.71. The molecule has 4 heteroatoms. The largest absolute Gasteiger partial charge is 0.372 e. The third-order valence-corrected chi connectivity index (χ3v) is 1.73. The normalized spacial score (nSPS) is 10.5. The Morgan fingerprint density at radius 2 is 2.58 bits per heavy atom. The number of halogens is 1. The molecular formula is C8H10ClN3. The first kappa shape index (κ1) is 9.00. The predicted molar refractivity (Wildman–Crippen MR) is 50.5 cm³/mol. The zero-order valence-electron chi connectivity index (χ0n) is 6.79. The van der Waals surface area contributed by atoms with Crippen LogP contribution in [0.3, 0.4) is 0 Å². The van der Waals surface area contributed by atoms with Crippen LogP contribution in [0.2, 0.25) is 5.02 Å². The Bertz CT molecular complexity index is 273. The SMILES string of the molecule is CN=CNCc1cnccc1Cl. The highest BCUT2D eigenvalue weighted by atomic mass is 35.5. The molecule has 0 aliphatic heterocycles. The molecule has 0 amide bonds. The molecule has 0 unspecified atom stereocenters. The summed E-state index contributed by atoms with van der Waals surface area (Å²) in [5.74, 6) is 0. The fourth-order valence-corrected chi connectivity index (χ4v) is 0.959. The highest BCUT2D eigenvalue weighted by Crippen LogP contribution is 2.12. The lowest BCUT2D eigenvalue weighted by Gasteiger charge is -2.01. The average molecular weight is 184 g/mol. The molecule has 1 aromatic heterocycles. The van der Waals surface area contributed by atoms with Crippen LogP contribution in [0.5, 0.6) is 0 Å². The predicted octanol–water partition coefficient (Wildman–Crippen LogP) is 1.48. The van der Waals surface area contributed by atoms with Gasteiger partial charge in [-0.3, -0.25) is 9.98 Å². The van der Waals surface area contributed by atoms with Crippen LogP contribution in [0.1, 0.15) is 5.56 Å². The molecule has 0 saturated carbocycles. The summed E-state index contributed by atoms with van der Waals surface area (Å²) in [5.41, 5.74) is 0.971. The Balaban J connectivity index is 2.57. The van der Waals surface area contributed by atoms with E-state index in [2.05, 4.69) is 15.3 Å². The van der Waals surface area contributed by atoms with Crippen LogP contribution in [-0.2, 0) is 6.54 Å². The number of pyridine rings is 1. The summed E-state index contributed by atoms with van der Waals surface area (Å²) in [6.45, 7) is 0.657. The molecule has 0 aliphatic rings. The summed E-state index contributed by atoms with van der Waals surface area (Å²) < 4.78 is 0. The van der Waals surface area contributed by atoms with Crippen LogP contribution in [0.15, 0.2) is 23.5 Å². The van der Waals surface area contributed by atoms with Crippen LogP contribution in [-0.4, -0.2) is 18.4 Å². The van der Waals surface area contributed by atoms with Crippen LogP contribution in [0, 0.1) is 0 Å². The Kier molecular flexibility index (Phi) is 3.54. The van der Waals surface area contributed by atoms with Crippen LogP contribution < -0.4 is 5.32 Å². The Labute approximate surface area is 76.5 Å². The second-order valence-electron chi connectivity index (χ2n) is 2.24. The van der Waals surface area contributed by atoms with Crippen molar-refractivity contribution in [2.45, 2.75) is 6.54 Å². The van der Waals surface area contributed by atoms with E-state index in [1.54, 1.807) is 31.8 Å². The quantitative estimate of drug-likeness (QED) is 0.570. The lowest BCUT2D eigenvalue weighted by Crippen LogP contribution is -2.10. The molecule has 1 heterocycles. The van der Waals surface area contributed by atoms with Crippen molar-refractivity contribution >= 4 is 17.9 Å². The maximum absolute atomic E-state index is 5.88. The van der Waals surface area contributed by atoms with Gasteiger partial charge in [0, 0.05) is 36.6 Å². The fraction of sp³-hybridized carbons (Fsp3) is 0.250. The highest BCUT2D eigenvalue weighted by Gasteiger charge is 1.96. The number of hydrogen-bond acceptors (Lipinski definition) is 2. The standard InChI is InChI=1S/C8H10ClN3/c1-10-6-12-5-7-4-11-3-2-8(7)9/h2-4,6H,5H2,1H3,(H,10,12). The van der Waals surface area contributed by atoms with Gasteiger partial charge in [0.2, 0.25) is 0 Å². The zero-order valence-corrected chi connectivity index (χ0v) is 7.54. The number of hydrogen-bond donors (Lipinski definition) is 1. The van der Waals surface area contributed by atoms with E-state index < -0.39 is 0 Å². The smallest absolute Gasteiger partial charge is 0.0823 e. The van der Waals surface area contributed by atoms with E-state index in [9.17, 15) is 0 Å². The van der Waals surface area contributed by atoms with Crippen molar-refractivity contribution in [3.05, 3.63) is 29.0 Å². The van der Waals surface area contributed by atoms with Gasteiger partial charge in [0.25, 0.3) is 0 Å². The van der Waals surface area contributed by atoms with Gasteiger partial charge < -0.3 is 5.32 Å². The van der Waals surface area contributed by atoms with Crippen molar-refractivity contribution in [1.29, 1.82) is 0 Å². The van der Waals surface area contributed by atoms with Gasteiger partial charge in [-0.2, -0.15) is 0 Å². The molecule has 0 radical (unpaired) electrons. The number of rotatable bonds is 3. The van der Waals surface area contributed by atoms with Gasteiger partial charge in [0.05, 0.1) is 6.34 Å². The first-order chi connectivity index (χ1) is 5.84. The summed E-state index contributed by atoms with van der Waals surface area (Å²) >= 11 is 5.88. The average Bonchev–Trinajstić information content (AvgIpc) is 2.09. The first-order valence-corrected chi connectivity index (χ1v) is 3.95. The van der Waals surface area contributed by atoms with E-state index in [0.29, 0.717) is 6.54 Å². The molecule has 3 nitrogen and oxygen atoms in total. The molecule has 64 valence electrons. The topological polar surface area (TPSA) is 37.3 Å². The summed E-state index contributed by atoms with van der Waals surface area (Å²) in [5, 5.41) is 3.70. The molecular weight excluding hydrogens is 174 g/mol. The Morgan fingerprint density at radius 3 is 3.25 bits per heavy atom. The molecule has 1 aromatic rings. The molecule has 0 spiro atoms. The van der Waals surface area contributed by atoms with Crippen molar-refractivity contribution in [2.75, 3.05) is 7.05 Å². The molecule has 0 atom stereocenters. The van der Waals surface area contributed by atoms with Crippen molar-refractivity contribution < 1.29 is 0 Å². The molecule has 0 fully saturated rings. The van der Waals surface area contributed by atoms with E-state index in [-0.39, 0.29) is 0 Å². The maximum atomic E-state index is 5.88.